The molecule has 1 aromatic heterocycles. The second kappa shape index (κ2) is 5.38. The molecule has 0 saturated carbocycles. The van der Waals surface area contributed by atoms with Gasteiger partial charge in [-0.1, -0.05) is 12.1 Å². The lowest BCUT2D eigenvalue weighted by molar-refractivity contribution is 0.272. The van der Waals surface area contributed by atoms with E-state index >= 15 is 0 Å². The first kappa shape index (κ1) is 14.5. The first-order valence-corrected chi connectivity index (χ1v) is 5.88. The summed E-state index contributed by atoms with van der Waals surface area (Å²) in [7, 11) is 0. The molecule has 5 heteroatoms. The zero-order chi connectivity index (χ0) is 11.8. The van der Waals surface area contributed by atoms with Crippen molar-refractivity contribution in [3.63, 3.8) is 0 Å². The zero-order valence-electron chi connectivity index (χ0n) is 10.8. The van der Waals surface area contributed by atoms with Crippen molar-refractivity contribution < 1.29 is 4.52 Å². The Bertz CT molecular complexity index is 360. The molecule has 2 N–H and O–H groups in total. The Morgan fingerprint density at radius 1 is 1.47 bits per heavy atom. The maximum atomic E-state index is 5.81. The van der Waals surface area contributed by atoms with Crippen LogP contribution in [0.5, 0.6) is 0 Å². The van der Waals surface area contributed by atoms with Crippen LogP contribution in [0.25, 0.3) is 0 Å². The smallest absolute Gasteiger partial charge is 0.138 e. The van der Waals surface area contributed by atoms with Crippen LogP contribution in [-0.2, 0) is 6.54 Å². The zero-order valence-corrected chi connectivity index (χ0v) is 11.6. The molecule has 1 unspecified atom stereocenters. The molecule has 4 nitrogen and oxygen atoms in total. The molecule has 2 rings (SSSR count). The van der Waals surface area contributed by atoms with E-state index in [1.807, 2.05) is 13.8 Å². The molecule has 0 aliphatic carbocycles. The van der Waals surface area contributed by atoms with Gasteiger partial charge in [0.2, 0.25) is 0 Å². The fourth-order valence-corrected chi connectivity index (χ4v) is 2.38. The van der Waals surface area contributed by atoms with Gasteiger partial charge in [0.1, 0.15) is 5.76 Å². The Labute approximate surface area is 109 Å². The van der Waals surface area contributed by atoms with E-state index < -0.39 is 0 Å². The van der Waals surface area contributed by atoms with E-state index in [1.165, 1.54) is 12.0 Å². The van der Waals surface area contributed by atoms with Gasteiger partial charge in [0.25, 0.3) is 0 Å². The van der Waals surface area contributed by atoms with E-state index in [2.05, 4.69) is 17.0 Å². The summed E-state index contributed by atoms with van der Waals surface area (Å²) in [5, 5.41) is 3.99. The third-order valence-electron chi connectivity index (χ3n) is 3.69. The lowest BCUT2D eigenvalue weighted by atomic mass is 9.90. The first-order chi connectivity index (χ1) is 7.54. The van der Waals surface area contributed by atoms with Gasteiger partial charge >= 0.3 is 0 Å². The van der Waals surface area contributed by atoms with Crippen molar-refractivity contribution >= 4 is 12.4 Å². The summed E-state index contributed by atoms with van der Waals surface area (Å²) in [6, 6.07) is 0. The number of rotatable bonds is 3. The molecule has 0 amide bonds. The maximum absolute atomic E-state index is 5.81. The molecule has 1 fully saturated rings. The SMILES string of the molecule is Cc1noc(C)c1CN1CCC(C)(CN)C1.Cl. The Balaban J connectivity index is 0.00000144. The summed E-state index contributed by atoms with van der Waals surface area (Å²) in [5.74, 6) is 0.943. The largest absolute Gasteiger partial charge is 0.361 e. The molecule has 0 spiro atoms. The molecule has 17 heavy (non-hydrogen) atoms. The maximum Gasteiger partial charge on any atom is 0.138 e. The van der Waals surface area contributed by atoms with Crippen LogP contribution in [0.2, 0.25) is 0 Å². The summed E-state index contributed by atoms with van der Waals surface area (Å²) < 4.78 is 5.18. The predicted molar refractivity (Wildman–Crippen MR) is 70.3 cm³/mol. The fraction of sp³-hybridized carbons (Fsp3) is 0.750. The third-order valence-corrected chi connectivity index (χ3v) is 3.69. The number of nitrogens with two attached hydrogens (primary N) is 1. The standard InChI is InChI=1S/C12H21N3O.ClH/c1-9-11(10(2)16-14-9)6-15-5-4-12(3,7-13)8-15;/h4-8,13H2,1-3H3;1H. The van der Waals surface area contributed by atoms with Crippen molar-refractivity contribution in [2.45, 2.75) is 33.7 Å². The molecular formula is C12H22ClN3O. The van der Waals surface area contributed by atoms with Crippen LogP contribution in [-0.4, -0.2) is 29.7 Å². The van der Waals surface area contributed by atoms with Crippen molar-refractivity contribution in [2.24, 2.45) is 11.1 Å². The number of hydrogen-bond donors (Lipinski definition) is 1. The second-order valence-corrected chi connectivity index (χ2v) is 5.28. The van der Waals surface area contributed by atoms with Gasteiger partial charge in [-0.05, 0) is 38.8 Å². The monoisotopic (exact) mass is 259 g/mol. The van der Waals surface area contributed by atoms with Crippen LogP contribution in [0, 0.1) is 19.3 Å². The number of likely N-dealkylation sites (tertiary alicyclic amines) is 1. The second-order valence-electron chi connectivity index (χ2n) is 5.28. The molecule has 0 radical (unpaired) electrons. The lowest BCUT2D eigenvalue weighted by Gasteiger charge is -2.22. The molecule has 1 atom stereocenters. The molecule has 1 aliphatic heterocycles. The topological polar surface area (TPSA) is 55.3 Å². The van der Waals surface area contributed by atoms with Gasteiger partial charge in [0.05, 0.1) is 5.69 Å². The van der Waals surface area contributed by atoms with E-state index in [4.69, 9.17) is 10.3 Å². The fourth-order valence-electron chi connectivity index (χ4n) is 2.38. The Morgan fingerprint density at radius 2 is 2.18 bits per heavy atom. The quantitative estimate of drug-likeness (QED) is 0.901. The number of aromatic nitrogens is 1. The van der Waals surface area contributed by atoms with E-state index in [9.17, 15) is 0 Å². The highest BCUT2D eigenvalue weighted by atomic mass is 35.5. The summed E-state index contributed by atoms with van der Waals surface area (Å²) >= 11 is 0. The average molecular weight is 260 g/mol. The van der Waals surface area contributed by atoms with Gasteiger partial charge in [-0.25, -0.2) is 0 Å². The molecule has 0 bridgehead atoms. The van der Waals surface area contributed by atoms with Crippen molar-refractivity contribution in [3.05, 3.63) is 17.0 Å². The Morgan fingerprint density at radius 3 is 2.65 bits per heavy atom. The highest BCUT2D eigenvalue weighted by Crippen LogP contribution is 2.30. The van der Waals surface area contributed by atoms with E-state index in [1.54, 1.807) is 0 Å². The summed E-state index contributed by atoms with van der Waals surface area (Å²) in [6.45, 7) is 10.2. The Hall–Kier alpha value is -0.580. The summed E-state index contributed by atoms with van der Waals surface area (Å²) in [6.07, 6.45) is 1.19. The van der Waals surface area contributed by atoms with Crippen LogP contribution < -0.4 is 5.73 Å². The first-order valence-electron chi connectivity index (χ1n) is 5.88. The number of aryl methyl sites for hydroxylation is 2. The predicted octanol–water partition coefficient (Wildman–Crippen LogP) is 1.88. The van der Waals surface area contributed by atoms with E-state index in [0.29, 0.717) is 5.41 Å². The van der Waals surface area contributed by atoms with Gasteiger partial charge in [-0.2, -0.15) is 0 Å². The summed E-state index contributed by atoms with van der Waals surface area (Å²) in [4.78, 5) is 2.44. The number of halogens is 1. The van der Waals surface area contributed by atoms with Crippen molar-refractivity contribution in [3.8, 4) is 0 Å². The van der Waals surface area contributed by atoms with Crippen LogP contribution in [0.4, 0.5) is 0 Å². The van der Waals surface area contributed by atoms with Crippen LogP contribution in [0.1, 0.15) is 30.4 Å². The molecule has 1 aliphatic rings. The third kappa shape index (κ3) is 3.00. The Kier molecular flexibility index (Phi) is 4.58. The molecule has 98 valence electrons. The summed E-state index contributed by atoms with van der Waals surface area (Å²) in [5.41, 5.74) is 8.35. The van der Waals surface area contributed by atoms with Gasteiger partial charge in [-0.15, -0.1) is 12.4 Å². The van der Waals surface area contributed by atoms with E-state index in [0.717, 1.165) is 37.6 Å². The highest BCUT2D eigenvalue weighted by molar-refractivity contribution is 5.85. The van der Waals surface area contributed by atoms with Crippen molar-refractivity contribution in [2.75, 3.05) is 19.6 Å². The molecule has 1 aromatic rings. The highest BCUT2D eigenvalue weighted by Gasteiger charge is 2.32. The van der Waals surface area contributed by atoms with Gasteiger partial charge < -0.3 is 10.3 Å². The van der Waals surface area contributed by atoms with Crippen LogP contribution >= 0.6 is 12.4 Å². The minimum atomic E-state index is 0. The number of hydrogen-bond acceptors (Lipinski definition) is 4. The average Bonchev–Trinajstić information content (AvgIpc) is 2.78. The molecule has 2 heterocycles. The minimum absolute atomic E-state index is 0. The van der Waals surface area contributed by atoms with Crippen LogP contribution in [0.15, 0.2) is 4.52 Å². The molecule has 0 aromatic carbocycles. The van der Waals surface area contributed by atoms with Crippen LogP contribution in [0.3, 0.4) is 0 Å². The number of nitrogens with zero attached hydrogens (tertiary/aromatic N) is 2. The molecule has 1 saturated heterocycles. The minimum Gasteiger partial charge on any atom is -0.361 e. The van der Waals surface area contributed by atoms with E-state index in [-0.39, 0.29) is 12.4 Å². The van der Waals surface area contributed by atoms with Crippen molar-refractivity contribution in [1.29, 1.82) is 0 Å². The van der Waals surface area contributed by atoms with Gasteiger partial charge in [-0.3, -0.25) is 4.90 Å². The normalized spacial score (nSPS) is 24.9. The van der Waals surface area contributed by atoms with Gasteiger partial charge in [0, 0.05) is 18.7 Å². The van der Waals surface area contributed by atoms with Gasteiger partial charge in [0.15, 0.2) is 0 Å². The molecular weight excluding hydrogens is 238 g/mol. The van der Waals surface area contributed by atoms with Crippen molar-refractivity contribution in [1.82, 2.24) is 10.1 Å². The lowest BCUT2D eigenvalue weighted by Crippen LogP contribution is -2.31.